The van der Waals surface area contributed by atoms with Gasteiger partial charge in [-0.05, 0) is 47.4 Å². The summed E-state index contributed by atoms with van der Waals surface area (Å²) < 4.78 is 0. The van der Waals surface area contributed by atoms with Crippen LogP contribution in [-0.2, 0) is 19.3 Å². The second kappa shape index (κ2) is 6.64. The molecule has 0 saturated heterocycles. The third-order valence-electron chi connectivity index (χ3n) is 3.35. The zero-order valence-electron chi connectivity index (χ0n) is 11.8. The Kier molecular flexibility index (Phi) is 5.47. The number of allylic oxidation sites excluding steroid dienone is 1. The summed E-state index contributed by atoms with van der Waals surface area (Å²) in [5, 5.41) is 0. The molecule has 94 valence electrons. The first-order chi connectivity index (χ1) is 8.13. The molecule has 0 atom stereocenters. The minimum absolute atomic E-state index is 0.615. The number of benzene rings is 1. The number of hydrogen-bond donors (Lipinski definition) is 0. The number of aryl methyl sites for hydroxylation is 2. The predicted octanol–water partition coefficient (Wildman–Crippen LogP) is 5.05. The van der Waals surface area contributed by atoms with Gasteiger partial charge in [-0.15, -0.1) is 6.58 Å². The molecular weight excluding hydrogens is 204 g/mol. The molecule has 0 spiro atoms. The van der Waals surface area contributed by atoms with E-state index in [1.165, 1.54) is 35.1 Å². The van der Waals surface area contributed by atoms with E-state index >= 15 is 0 Å². The van der Waals surface area contributed by atoms with Gasteiger partial charge in [-0.2, -0.15) is 0 Å². The molecule has 0 aromatic heterocycles. The first-order valence-electron chi connectivity index (χ1n) is 6.89. The summed E-state index contributed by atoms with van der Waals surface area (Å²) in [6.45, 7) is 12.9. The van der Waals surface area contributed by atoms with Gasteiger partial charge in [0.05, 0.1) is 0 Å². The molecule has 0 saturated carbocycles. The fraction of sp³-hybridized carbons (Fsp3) is 0.529. The van der Waals surface area contributed by atoms with Crippen LogP contribution in [0.15, 0.2) is 24.8 Å². The molecule has 1 aromatic rings. The van der Waals surface area contributed by atoms with E-state index in [1.807, 2.05) is 6.08 Å². The maximum Gasteiger partial charge on any atom is -0.00973 e. The van der Waals surface area contributed by atoms with Crippen molar-refractivity contribution in [2.24, 2.45) is 0 Å². The lowest BCUT2D eigenvalue weighted by molar-refractivity contribution is 0.830. The van der Waals surface area contributed by atoms with E-state index in [-0.39, 0.29) is 0 Å². The van der Waals surface area contributed by atoms with E-state index in [0.29, 0.717) is 5.92 Å². The SMILES string of the molecule is C=CCc1cc(C(C)C)c(CC)cc1CCC. The molecule has 0 heterocycles. The van der Waals surface area contributed by atoms with Crippen molar-refractivity contribution < 1.29 is 0 Å². The van der Waals surface area contributed by atoms with Crippen LogP contribution in [-0.4, -0.2) is 0 Å². The van der Waals surface area contributed by atoms with Gasteiger partial charge < -0.3 is 0 Å². The fourth-order valence-electron chi connectivity index (χ4n) is 2.45. The van der Waals surface area contributed by atoms with Crippen molar-refractivity contribution in [3.8, 4) is 0 Å². The minimum atomic E-state index is 0.615. The van der Waals surface area contributed by atoms with Gasteiger partial charge in [0.1, 0.15) is 0 Å². The van der Waals surface area contributed by atoms with Gasteiger partial charge in [0.25, 0.3) is 0 Å². The molecule has 0 nitrogen and oxygen atoms in total. The molecule has 0 heteroatoms. The predicted molar refractivity (Wildman–Crippen MR) is 77.8 cm³/mol. The monoisotopic (exact) mass is 230 g/mol. The van der Waals surface area contributed by atoms with Crippen molar-refractivity contribution in [3.63, 3.8) is 0 Å². The third kappa shape index (κ3) is 3.46. The van der Waals surface area contributed by atoms with Crippen LogP contribution in [0.25, 0.3) is 0 Å². The summed E-state index contributed by atoms with van der Waals surface area (Å²) in [5.41, 5.74) is 6.04. The second-order valence-corrected chi connectivity index (χ2v) is 5.07. The lowest BCUT2D eigenvalue weighted by Crippen LogP contribution is -2.02. The normalized spacial score (nSPS) is 10.9. The molecular formula is C17H26. The van der Waals surface area contributed by atoms with E-state index < -0.39 is 0 Å². The van der Waals surface area contributed by atoms with E-state index in [2.05, 4.69) is 46.4 Å². The average molecular weight is 230 g/mol. The maximum absolute atomic E-state index is 3.87. The molecule has 0 aliphatic rings. The van der Waals surface area contributed by atoms with Crippen LogP contribution in [0.4, 0.5) is 0 Å². The molecule has 0 aliphatic heterocycles. The molecule has 0 unspecified atom stereocenters. The summed E-state index contributed by atoms with van der Waals surface area (Å²) >= 11 is 0. The molecule has 0 N–H and O–H groups in total. The molecule has 1 aromatic carbocycles. The Bertz CT molecular complexity index is 372. The summed E-state index contributed by atoms with van der Waals surface area (Å²) in [5.74, 6) is 0.615. The van der Waals surface area contributed by atoms with Gasteiger partial charge >= 0.3 is 0 Å². The Morgan fingerprint density at radius 2 is 1.82 bits per heavy atom. The van der Waals surface area contributed by atoms with Crippen LogP contribution >= 0.6 is 0 Å². The average Bonchev–Trinajstić information content (AvgIpc) is 2.31. The summed E-state index contributed by atoms with van der Waals surface area (Å²) in [7, 11) is 0. The Labute approximate surface area is 107 Å². The zero-order chi connectivity index (χ0) is 12.8. The van der Waals surface area contributed by atoms with Crippen molar-refractivity contribution in [2.45, 2.75) is 59.3 Å². The third-order valence-corrected chi connectivity index (χ3v) is 3.35. The van der Waals surface area contributed by atoms with Crippen LogP contribution in [0.3, 0.4) is 0 Å². The zero-order valence-corrected chi connectivity index (χ0v) is 11.8. The number of rotatable bonds is 6. The highest BCUT2D eigenvalue weighted by atomic mass is 14.2. The quantitative estimate of drug-likeness (QED) is 0.600. The highest BCUT2D eigenvalue weighted by Gasteiger charge is 2.10. The standard InChI is InChI=1S/C17H26/c1-6-9-15-11-14(8-3)17(13(4)5)12-16(15)10-7-2/h7,11-13H,2,6,8-10H2,1,3-5H3. The Hall–Kier alpha value is -1.04. The smallest absolute Gasteiger partial charge is 0.00973 e. The van der Waals surface area contributed by atoms with Crippen molar-refractivity contribution >= 4 is 0 Å². The largest absolute Gasteiger partial charge is 0.103 e. The molecule has 0 fully saturated rings. The van der Waals surface area contributed by atoms with Crippen LogP contribution in [0, 0.1) is 0 Å². The first-order valence-corrected chi connectivity index (χ1v) is 6.89. The lowest BCUT2D eigenvalue weighted by atomic mass is 9.88. The van der Waals surface area contributed by atoms with Gasteiger partial charge in [0, 0.05) is 0 Å². The van der Waals surface area contributed by atoms with E-state index in [0.717, 1.165) is 12.8 Å². The maximum atomic E-state index is 3.87. The molecule has 0 radical (unpaired) electrons. The topological polar surface area (TPSA) is 0 Å². The van der Waals surface area contributed by atoms with Crippen molar-refractivity contribution in [2.75, 3.05) is 0 Å². The summed E-state index contributed by atoms with van der Waals surface area (Å²) in [6, 6.07) is 4.84. The Morgan fingerprint density at radius 3 is 2.29 bits per heavy atom. The Balaban J connectivity index is 3.25. The second-order valence-electron chi connectivity index (χ2n) is 5.07. The van der Waals surface area contributed by atoms with Gasteiger partial charge in [-0.25, -0.2) is 0 Å². The molecule has 0 amide bonds. The highest BCUT2D eigenvalue weighted by Crippen LogP contribution is 2.26. The van der Waals surface area contributed by atoms with Crippen LogP contribution in [0.1, 0.15) is 62.3 Å². The fourth-order valence-corrected chi connectivity index (χ4v) is 2.45. The van der Waals surface area contributed by atoms with E-state index in [1.54, 1.807) is 0 Å². The minimum Gasteiger partial charge on any atom is -0.103 e. The van der Waals surface area contributed by atoms with Gasteiger partial charge in [0.2, 0.25) is 0 Å². The van der Waals surface area contributed by atoms with Crippen molar-refractivity contribution in [1.82, 2.24) is 0 Å². The van der Waals surface area contributed by atoms with E-state index in [9.17, 15) is 0 Å². The molecule has 0 aliphatic carbocycles. The van der Waals surface area contributed by atoms with E-state index in [4.69, 9.17) is 0 Å². The highest BCUT2D eigenvalue weighted by molar-refractivity contribution is 5.41. The van der Waals surface area contributed by atoms with Gasteiger partial charge in [-0.3, -0.25) is 0 Å². The van der Waals surface area contributed by atoms with Crippen LogP contribution < -0.4 is 0 Å². The van der Waals surface area contributed by atoms with Crippen molar-refractivity contribution in [3.05, 3.63) is 47.0 Å². The Morgan fingerprint density at radius 1 is 1.12 bits per heavy atom. The van der Waals surface area contributed by atoms with Gasteiger partial charge in [-0.1, -0.05) is 52.3 Å². The summed E-state index contributed by atoms with van der Waals surface area (Å²) in [6.07, 6.45) is 6.56. The van der Waals surface area contributed by atoms with Crippen molar-refractivity contribution in [1.29, 1.82) is 0 Å². The molecule has 1 rings (SSSR count). The molecule has 0 bridgehead atoms. The number of hydrogen-bond acceptors (Lipinski definition) is 0. The van der Waals surface area contributed by atoms with Gasteiger partial charge in [0.15, 0.2) is 0 Å². The summed E-state index contributed by atoms with van der Waals surface area (Å²) in [4.78, 5) is 0. The van der Waals surface area contributed by atoms with Crippen LogP contribution in [0.5, 0.6) is 0 Å². The lowest BCUT2D eigenvalue weighted by Gasteiger charge is -2.17. The molecule has 17 heavy (non-hydrogen) atoms. The van der Waals surface area contributed by atoms with Crippen LogP contribution in [0.2, 0.25) is 0 Å². The first kappa shape index (κ1) is 14.0.